The minimum atomic E-state index is -1.45. The first kappa shape index (κ1) is 15.4. The first-order valence-electron chi connectivity index (χ1n) is 5.62. The van der Waals surface area contributed by atoms with Crippen molar-refractivity contribution in [2.45, 2.75) is 45.4 Å². The number of carbonyl (C=O) groups is 3. The van der Waals surface area contributed by atoms with Gasteiger partial charge < -0.3 is 24.1 Å². The van der Waals surface area contributed by atoms with Crippen molar-refractivity contribution in [2.24, 2.45) is 0 Å². The summed E-state index contributed by atoms with van der Waals surface area (Å²) >= 11 is 0. The normalized spacial score (nSPS) is 29.7. The van der Waals surface area contributed by atoms with E-state index in [-0.39, 0.29) is 6.61 Å². The van der Waals surface area contributed by atoms with Crippen LogP contribution in [0, 0.1) is 0 Å². The molecule has 1 fully saturated rings. The van der Waals surface area contributed by atoms with Crippen LogP contribution in [-0.2, 0) is 33.3 Å². The number of hydrogen-bond acceptors (Lipinski definition) is 8. The summed E-state index contributed by atoms with van der Waals surface area (Å²) in [6.07, 6.45) is -4.53. The molecule has 1 N–H and O–H groups in total. The van der Waals surface area contributed by atoms with Crippen LogP contribution in [0.2, 0.25) is 0 Å². The number of esters is 3. The van der Waals surface area contributed by atoms with E-state index in [1.807, 2.05) is 0 Å². The third-order valence-corrected chi connectivity index (χ3v) is 2.34. The third kappa shape index (κ3) is 4.49. The minimum Gasteiger partial charge on any atom is -0.463 e. The Morgan fingerprint density at radius 1 is 1.00 bits per heavy atom. The summed E-state index contributed by atoms with van der Waals surface area (Å²) in [5, 5.41) is 9.63. The van der Waals surface area contributed by atoms with Crippen LogP contribution in [0.15, 0.2) is 0 Å². The van der Waals surface area contributed by atoms with Gasteiger partial charge in [-0.3, -0.25) is 14.4 Å². The molecule has 0 aromatic carbocycles. The fourth-order valence-corrected chi connectivity index (χ4v) is 1.69. The number of aliphatic hydroxyl groups is 1. The van der Waals surface area contributed by atoms with Gasteiger partial charge in [0.1, 0.15) is 12.7 Å². The van der Waals surface area contributed by atoms with Crippen LogP contribution >= 0.6 is 0 Å². The van der Waals surface area contributed by atoms with E-state index < -0.39 is 42.5 Å². The zero-order valence-electron chi connectivity index (χ0n) is 10.8. The highest BCUT2D eigenvalue weighted by atomic mass is 16.7. The van der Waals surface area contributed by atoms with Crippen LogP contribution < -0.4 is 0 Å². The van der Waals surface area contributed by atoms with Gasteiger partial charge in [-0.15, -0.1) is 0 Å². The zero-order chi connectivity index (χ0) is 14.6. The Kier molecular flexibility index (Phi) is 5.25. The molecule has 0 unspecified atom stereocenters. The Morgan fingerprint density at radius 3 is 2.00 bits per heavy atom. The van der Waals surface area contributed by atoms with E-state index in [4.69, 9.17) is 18.9 Å². The highest BCUT2D eigenvalue weighted by Gasteiger charge is 2.48. The highest BCUT2D eigenvalue weighted by molar-refractivity contribution is 5.67. The fourth-order valence-electron chi connectivity index (χ4n) is 1.69. The van der Waals surface area contributed by atoms with E-state index in [0.29, 0.717) is 0 Å². The van der Waals surface area contributed by atoms with Gasteiger partial charge in [-0.25, -0.2) is 0 Å². The molecule has 1 heterocycles. The molecule has 1 aliphatic heterocycles. The van der Waals surface area contributed by atoms with Crippen LogP contribution in [0.3, 0.4) is 0 Å². The number of aliphatic hydroxyl groups excluding tert-OH is 1. The molecule has 0 bridgehead atoms. The van der Waals surface area contributed by atoms with Gasteiger partial charge in [-0.2, -0.15) is 0 Å². The average molecular weight is 276 g/mol. The van der Waals surface area contributed by atoms with Gasteiger partial charge in [-0.1, -0.05) is 0 Å². The first-order chi connectivity index (χ1) is 8.81. The molecule has 19 heavy (non-hydrogen) atoms. The summed E-state index contributed by atoms with van der Waals surface area (Å²) in [6.45, 7) is 3.30. The lowest BCUT2D eigenvalue weighted by molar-refractivity contribution is -0.174. The largest absolute Gasteiger partial charge is 0.463 e. The molecule has 1 rings (SSSR count). The third-order valence-electron chi connectivity index (χ3n) is 2.34. The topological polar surface area (TPSA) is 108 Å². The van der Waals surface area contributed by atoms with Crippen LogP contribution in [-0.4, -0.2) is 54.2 Å². The molecular formula is C11H16O8. The Labute approximate surface area is 109 Å². The second-order valence-corrected chi connectivity index (χ2v) is 4.02. The molecular weight excluding hydrogens is 260 g/mol. The van der Waals surface area contributed by atoms with Crippen LogP contribution in [0.25, 0.3) is 0 Å². The summed E-state index contributed by atoms with van der Waals surface area (Å²) in [5.41, 5.74) is 0. The van der Waals surface area contributed by atoms with Gasteiger partial charge in [0.15, 0.2) is 18.5 Å². The first-order valence-corrected chi connectivity index (χ1v) is 5.62. The molecule has 4 atom stereocenters. The summed E-state index contributed by atoms with van der Waals surface area (Å²) in [5.74, 6) is -1.83. The van der Waals surface area contributed by atoms with Crippen molar-refractivity contribution in [3.63, 3.8) is 0 Å². The maximum absolute atomic E-state index is 11.0. The van der Waals surface area contributed by atoms with Crippen molar-refractivity contribution in [3.05, 3.63) is 0 Å². The zero-order valence-corrected chi connectivity index (χ0v) is 10.8. The Morgan fingerprint density at radius 2 is 1.53 bits per heavy atom. The Hall–Kier alpha value is -1.67. The summed E-state index contributed by atoms with van der Waals surface area (Å²) in [6, 6.07) is 0. The van der Waals surface area contributed by atoms with Gasteiger partial charge in [0.2, 0.25) is 0 Å². The summed E-state index contributed by atoms with van der Waals surface area (Å²) in [4.78, 5) is 32.7. The molecule has 0 amide bonds. The molecule has 0 spiro atoms. The van der Waals surface area contributed by atoms with E-state index in [0.717, 1.165) is 6.92 Å². The standard InChI is InChI=1S/C11H16O8/c1-5(12)16-4-8-9(17-6(2)13)10(11(15)19-8)18-7(3)14/h8-11,15H,4H2,1-3H3/t8-,9-,10-,11-/m0/s1. The van der Waals surface area contributed by atoms with Crippen molar-refractivity contribution in [2.75, 3.05) is 6.61 Å². The van der Waals surface area contributed by atoms with E-state index in [1.54, 1.807) is 0 Å². The molecule has 8 nitrogen and oxygen atoms in total. The number of ether oxygens (including phenoxy) is 4. The minimum absolute atomic E-state index is 0.220. The molecule has 0 aliphatic carbocycles. The number of rotatable bonds is 4. The van der Waals surface area contributed by atoms with E-state index >= 15 is 0 Å². The van der Waals surface area contributed by atoms with Gasteiger partial charge in [0.25, 0.3) is 0 Å². The lowest BCUT2D eigenvalue weighted by atomic mass is 10.1. The Bertz CT molecular complexity index is 366. The van der Waals surface area contributed by atoms with Crippen molar-refractivity contribution in [1.82, 2.24) is 0 Å². The van der Waals surface area contributed by atoms with Gasteiger partial charge >= 0.3 is 17.9 Å². The monoisotopic (exact) mass is 276 g/mol. The van der Waals surface area contributed by atoms with E-state index in [1.165, 1.54) is 13.8 Å². The lowest BCUT2D eigenvalue weighted by Gasteiger charge is -2.21. The van der Waals surface area contributed by atoms with Crippen LogP contribution in [0.5, 0.6) is 0 Å². The second-order valence-electron chi connectivity index (χ2n) is 4.02. The van der Waals surface area contributed by atoms with E-state index in [2.05, 4.69) is 0 Å². The molecule has 0 saturated carbocycles. The lowest BCUT2D eigenvalue weighted by Crippen LogP contribution is -2.41. The van der Waals surface area contributed by atoms with Crippen molar-refractivity contribution >= 4 is 17.9 Å². The molecule has 0 aromatic heterocycles. The molecule has 1 saturated heterocycles. The highest BCUT2D eigenvalue weighted by Crippen LogP contribution is 2.26. The van der Waals surface area contributed by atoms with Gasteiger partial charge in [-0.05, 0) is 0 Å². The van der Waals surface area contributed by atoms with Crippen LogP contribution in [0.4, 0.5) is 0 Å². The maximum Gasteiger partial charge on any atom is 0.303 e. The molecule has 8 heteroatoms. The molecule has 108 valence electrons. The molecule has 0 radical (unpaired) electrons. The van der Waals surface area contributed by atoms with Crippen LogP contribution in [0.1, 0.15) is 20.8 Å². The molecule has 0 aromatic rings. The van der Waals surface area contributed by atoms with Crippen molar-refractivity contribution in [1.29, 1.82) is 0 Å². The summed E-state index contributed by atoms with van der Waals surface area (Å²) in [7, 11) is 0. The number of carbonyl (C=O) groups excluding carboxylic acids is 3. The smallest absolute Gasteiger partial charge is 0.303 e. The second kappa shape index (κ2) is 6.48. The summed E-state index contributed by atoms with van der Waals surface area (Å²) < 4.78 is 19.6. The maximum atomic E-state index is 11.0. The van der Waals surface area contributed by atoms with Gasteiger partial charge in [0, 0.05) is 20.8 Å². The van der Waals surface area contributed by atoms with E-state index in [9.17, 15) is 19.5 Å². The Balaban J connectivity index is 2.76. The number of hydrogen-bond donors (Lipinski definition) is 1. The van der Waals surface area contributed by atoms with Crippen molar-refractivity contribution < 1.29 is 38.4 Å². The quantitative estimate of drug-likeness (QED) is 0.521. The van der Waals surface area contributed by atoms with Gasteiger partial charge in [0.05, 0.1) is 0 Å². The molecule has 1 aliphatic rings. The van der Waals surface area contributed by atoms with Crippen molar-refractivity contribution in [3.8, 4) is 0 Å². The average Bonchev–Trinajstić information content (AvgIpc) is 2.53. The fraction of sp³-hybridized carbons (Fsp3) is 0.727. The SMILES string of the molecule is CC(=O)OC[C@@H]1O[C@H](O)[C@@H](OC(C)=O)[C@H]1OC(C)=O. The predicted octanol–water partition coefficient (Wildman–Crippen LogP) is -0.870. The predicted molar refractivity (Wildman–Crippen MR) is 58.6 cm³/mol.